The fourth-order valence-corrected chi connectivity index (χ4v) is 5.05. The van der Waals surface area contributed by atoms with Crippen LogP contribution >= 0.6 is 0 Å². The Kier molecular flexibility index (Phi) is 7.45. The predicted molar refractivity (Wildman–Crippen MR) is 130 cm³/mol. The number of likely N-dealkylation sites (tertiary alicyclic amines) is 1. The van der Waals surface area contributed by atoms with Gasteiger partial charge in [-0.25, -0.2) is 12.8 Å². The van der Waals surface area contributed by atoms with Gasteiger partial charge in [-0.05, 0) is 53.9 Å². The maximum absolute atomic E-state index is 13.1. The lowest BCUT2D eigenvalue weighted by Gasteiger charge is -2.25. The zero-order valence-electron chi connectivity index (χ0n) is 19.0. The predicted octanol–water partition coefficient (Wildman–Crippen LogP) is 3.65. The molecule has 0 aliphatic carbocycles. The van der Waals surface area contributed by atoms with E-state index in [0.717, 1.165) is 24.1 Å². The van der Waals surface area contributed by atoms with Gasteiger partial charge in [0.1, 0.15) is 5.82 Å². The molecule has 0 bridgehead atoms. The van der Waals surface area contributed by atoms with Crippen molar-refractivity contribution in [1.82, 2.24) is 10.2 Å². The van der Waals surface area contributed by atoms with Crippen molar-refractivity contribution in [2.24, 2.45) is 0 Å². The van der Waals surface area contributed by atoms with Gasteiger partial charge in [0.25, 0.3) is 10.0 Å². The minimum absolute atomic E-state index is 0.0502. The monoisotopic (exact) mass is 495 g/mol. The van der Waals surface area contributed by atoms with Gasteiger partial charge in [-0.15, -0.1) is 0 Å². The average molecular weight is 496 g/mol. The Balaban J connectivity index is 1.39. The Hall–Kier alpha value is -3.72. The second-order valence-electron chi connectivity index (χ2n) is 8.41. The van der Waals surface area contributed by atoms with Crippen LogP contribution in [0.1, 0.15) is 30.0 Å². The first-order valence-electron chi connectivity index (χ1n) is 11.3. The summed E-state index contributed by atoms with van der Waals surface area (Å²) in [7, 11) is -3.86. The van der Waals surface area contributed by atoms with Crippen LogP contribution in [0.3, 0.4) is 0 Å². The van der Waals surface area contributed by atoms with Crippen molar-refractivity contribution in [2.75, 3.05) is 17.8 Å². The Bertz CT molecular complexity index is 1280. The molecule has 0 radical (unpaired) electrons. The van der Waals surface area contributed by atoms with Crippen molar-refractivity contribution in [2.45, 2.75) is 30.2 Å². The Labute approximate surface area is 204 Å². The van der Waals surface area contributed by atoms with E-state index in [1.807, 2.05) is 30.3 Å². The summed E-state index contributed by atoms with van der Waals surface area (Å²) in [6, 6.07) is 20.2. The van der Waals surface area contributed by atoms with E-state index in [1.165, 1.54) is 12.1 Å². The molecule has 1 atom stereocenters. The highest BCUT2D eigenvalue weighted by atomic mass is 32.2. The molecule has 2 N–H and O–H groups in total. The van der Waals surface area contributed by atoms with Crippen LogP contribution in [-0.2, 0) is 26.0 Å². The summed E-state index contributed by atoms with van der Waals surface area (Å²) in [4.78, 5) is 26.7. The van der Waals surface area contributed by atoms with Crippen molar-refractivity contribution in [1.29, 1.82) is 0 Å². The van der Waals surface area contributed by atoms with Crippen molar-refractivity contribution in [3.8, 4) is 0 Å². The molecule has 3 aromatic rings. The first-order chi connectivity index (χ1) is 16.8. The number of anilines is 1. The quantitative estimate of drug-likeness (QED) is 0.474. The van der Waals surface area contributed by atoms with Crippen LogP contribution in [0.5, 0.6) is 0 Å². The molecule has 0 saturated carbocycles. The molecule has 2 amide bonds. The number of amides is 2. The molecule has 1 aliphatic heterocycles. The second kappa shape index (κ2) is 10.7. The molecule has 9 heteroatoms. The van der Waals surface area contributed by atoms with Gasteiger partial charge >= 0.3 is 0 Å². The van der Waals surface area contributed by atoms with Gasteiger partial charge in [-0.2, -0.15) is 0 Å². The number of hydrogen-bond acceptors (Lipinski definition) is 4. The second-order valence-corrected chi connectivity index (χ2v) is 10.1. The molecule has 4 rings (SSSR count). The smallest absolute Gasteiger partial charge is 0.261 e. The van der Waals surface area contributed by atoms with Crippen LogP contribution in [-0.4, -0.2) is 38.2 Å². The van der Waals surface area contributed by atoms with Gasteiger partial charge in [0.2, 0.25) is 11.8 Å². The number of nitrogens with one attached hydrogen (secondary N) is 2. The number of rotatable bonds is 9. The summed E-state index contributed by atoms with van der Waals surface area (Å²) < 4.78 is 40.5. The summed E-state index contributed by atoms with van der Waals surface area (Å²) in [5.41, 5.74) is 1.95. The highest BCUT2D eigenvalue weighted by molar-refractivity contribution is 7.92. The molecule has 1 aliphatic rings. The van der Waals surface area contributed by atoms with E-state index < -0.39 is 15.8 Å². The SMILES string of the molecule is O=C(Cc1ccc(NS(=O)(=O)c2ccc(F)cc2)cc1)NC(CN1CCCC1=O)c1ccccc1. The Morgan fingerprint density at radius 3 is 2.29 bits per heavy atom. The van der Waals surface area contributed by atoms with Crippen LogP contribution in [0.4, 0.5) is 10.1 Å². The zero-order chi connectivity index (χ0) is 24.8. The topological polar surface area (TPSA) is 95.6 Å². The fourth-order valence-electron chi connectivity index (χ4n) is 3.99. The first kappa shape index (κ1) is 24.4. The molecule has 1 fully saturated rings. The number of sulfonamides is 1. The lowest BCUT2D eigenvalue weighted by Crippen LogP contribution is -2.39. The van der Waals surface area contributed by atoms with Crippen molar-refractivity contribution >= 4 is 27.5 Å². The largest absolute Gasteiger partial charge is 0.347 e. The molecule has 7 nitrogen and oxygen atoms in total. The fraction of sp³-hybridized carbons (Fsp3) is 0.231. The number of nitrogens with zero attached hydrogens (tertiary/aromatic N) is 1. The summed E-state index contributed by atoms with van der Waals surface area (Å²) in [5, 5.41) is 3.03. The molecule has 0 aromatic heterocycles. The third kappa shape index (κ3) is 6.45. The summed E-state index contributed by atoms with van der Waals surface area (Å²) in [5.74, 6) is -0.628. The number of carbonyl (C=O) groups is 2. The molecular weight excluding hydrogens is 469 g/mol. The third-order valence-electron chi connectivity index (χ3n) is 5.81. The van der Waals surface area contributed by atoms with E-state index in [2.05, 4.69) is 10.0 Å². The number of carbonyl (C=O) groups excluding carboxylic acids is 2. The van der Waals surface area contributed by atoms with Crippen molar-refractivity contribution < 1.29 is 22.4 Å². The van der Waals surface area contributed by atoms with E-state index in [1.54, 1.807) is 29.2 Å². The maximum atomic E-state index is 13.1. The van der Waals surface area contributed by atoms with Crippen LogP contribution in [0.15, 0.2) is 83.8 Å². The summed E-state index contributed by atoms with van der Waals surface area (Å²) >= 11 is 0. The van der Waals surface area contributed by atoms with Crippen LogP contribution in [0.25, 0.3) is 0 Å². The normalized spacial score (nSPS) is 14.5. The van der Waals surface area contributed by atoms with Crippen molar-refractivity contribution in [3.05, 3.63) is 95.8 Å². The van der Waals surface area contributed by atoms with E-state index >= 15 is 0 Å². The number of hydrogen-bond donors (Lipinski definition) is 2. The van der Waals surface area contributed by atoms with E-state index in [-0.39, 0.29) is 29.2 Å². The molecule has 182 valence electrons. The Morgan fingerprint density at radius 2 is 1.66 bits per heavy atom. The van der Waals surface area contributed by atoms with Crippen molar-refractivity contribution in [3.63, 3.8) is 0 Å². The molecule has 1 heterocycles. The van der Waals surface area contributed by atoms with Gasteiger partial charge < -0.3 is 10.2 Å². The number of benzene rings is 3. The van der Waals surface area contributed by atoms with Crippen LogP contribution in [0.2, 0.25) is 0 Å². The molecule has 3 aromatic carbocycles. The summed E-state index contributed by atoms with van der Waals surface area (Å²) in [6.07, 6.45) is 1.46. The standard InChI is InChI=1S/C26H26FN3O4S/c27-21-10-14-23(15-11-21)35(33,34)29-22-12-8-19(9-13-22)17-25(31)28-24(20-5-2-1-3-6-20)18-30-16-4-7-26(30)32/h1-3,5-6,8-15,24,29H,4,7,16-18H2,(H,28,31). The van der Waals surface area contributed by atoms with Crippen LogP contribution in [0, 0.1) is 5.82 Å². The van der Waals surface area contributed by atoms with Gasteiger partial charge in [-0.3, -0.25) is 14.3 Å². The molecule has 1 saturated heterocycles. The summed E-state index contributed by atoms with van der Waals surface area (Å²) in [6.45, 7) is 1.10. The van der Waals surface area contributed by atoms with Gasteiger partial charge in [0.15, 0.2) is 0 Å². The maximum Gasteiger partial charge on any atom is 0.261 e. The Morgan fingerprint density at radius 1 is 0.971 bits per heavy atom. The van der Waals surface area contributed by atoms with Gasteiger partial charge in [0, 0.05) is 25.2 Å². The van der Waals surface area contributed by atoms with Gasteiger partial charge in [0.05, 0.1) is 17.4 Å². The highest BCUT2D eigenvalue weighted by Gasteiger charge is 2.25. The van der Waals surface area contributed by atoms with E-state index in [0.29, 0.717) is 30.8 Å². The third-order valence-corrected chi connectivity index (χ3v) is 7.20. The molecule has 1 unspecified atom stereocenters. The zero-order valence-corrected chi connectivity index (χ0v) is 19.8. The highest BCUT2D eigenvalue weighted by Crippen LogP contribution is 2.20. The lowest BCUT2D eigenvalue weighted by atomic mass is 10.1. The first-order valence-corrected chi connectivity index (χ1v) is 12.8. The van der Waals surface area contributed by atoms with E-state index in [4.69, 9.17) is 0 Å². The average Bonchev–Trinajstić information content (AvgIpc) is 3.25. The molecular formula is C26H26FN3O4S. The minimum atomic E-state index is -3.86. The van der Waals surface area contributed by atoms with Gasteiger partial charge in [-0.1, -0.05) is 42.5 Å². The molecule has 0 spiro atoms. The minimum Gasteiger partial charge on any atom is -0.347 e. The molecule has 35 heavy (non-hydrogen) atoms. The number of halogens is 1. The van der Waals surface area contributed by atoms with E-state index in [9.17, 15) is 22.4 Å². The van der Waals surface area contributed by atoms with Crippen LogP contribution < -0.4 is 10.0 Å². The lowest BCUT2D eigenvalue weighted by molar-refractivity contribution is -0.129.